The normalized spacial score (nSPS) is 16.4. The molecule has 8 heteroatoms. The molecule has 1 aliphatic carbocycles. The number of hydrogen-bond donors (Lipinski definition) is 2. The van der Waals surface area contributed by atoms with E-state index in [-0.39, 0.29) is 11.2 Å². The molecule has 3 aromatic rings. The molecule has 0 unspecified atom stereocenters. The lowest BCUT2D eigenvalue weighted by molar-refractivity contribution is 0.322. The Hall–Kier alpha value is -3.57. The van der Waals surface area contributed by atoms with Gasteiger partial charge in [0.15, 0.2) is 17.4 Å². The first-order valence-electron chi connectivity index (χ1n) is 10.7. The molecule has 0 amide bonds. The smallest absolute Gasteiger partial charge is 0.158 e. The van der Waals surface area contributed by atoms with E-state index in [4.69, 9.17) is 16.3 Å². The standard InChI is InChI=1S/C24H25FN6O/c1-24(9-10-24)8-7-15-5-3-6-18-21(15)32-12-4-11-31(18)23-19-16(13-28-14-17(19)25)20(30(2)27)22(26)29-23/h3,5-6,13-14H,4,9-12,27H2,1-2H3,(H2,26,29). The minimum absolute atomic E-state index is 0.0968. The van der Waals surface area contributed by atoms with Gasteiger partial charge in [-0.05, 0) is 38.3 Å². The summed E-state index contributed by atoms with van der Waals surface area (Å²) in [5, 5.41) is 2.15. The van der Waals surface area contributed by atoms with Crippen LogP contribution in [-0.2, 0) is 0 Å². The van der Waals surface area contributed by atoms with Gasteiger partial charge >= 0.3 is 0 Å². The van der Waals surface area contributed by atoms with Crippen molar-refractivity contribution in [3.05, 3.63) is 42.0 Å². The van der Waals surface area contributed by atoms with Crippen LogP contribution >= 0.6 is 0 Å². The molecule has 4 N–H and O–H groups in total. The fourth-order valence-corrected chi connectivity index (χ4v) is 4.02. The van der Waals surface area contributed by atoms with Gasteiger partial charge in [0.25, 0.3) is 0 Å². The number of aromatic nitrogens is 2. The molecule has 5 rings (SSSR count). The van der Waals surface area contributed by atoms with Gasteiger partial charge in [0.2, 0.25) is 0 Å². The molecular weight excluding hydrogens is 407 g/mol. The maximum Gasteiger partial charge on any atom is 0.158 e. The Morgan fingerprint density at radius 3 is 2.84 bits per heavy atom. The van der Waals surface area contributed by atoms with E-state index in [1.54, 1.807) is 13.2 Å². The lowest BCUT2D eigenvalue weighted by Crippen LogP contribution is -2.28. The van der Waals surface area contributed by atoms with Gasteiger partial charge in [0, 0.05) is 30.6 Å². The molecule has 7 nitrogen and oxygen atoms in total. The summed E-state index contributed by atoms with van der Waals surface area (Å²) in [5.74, 6) is 13.5. The molecule has 1 aliphatic heterocycles. The summed E-state index contributed by atoms with van der Waals surface area (Å²) in [4.78, 5) is 10.6. The molecule has 0 atom stereocenters. The monoisotopic (exact) mass is 432 g/mol. The van der Waals surface area contributed by atoms with Crippen molar-refractivity contribution in [1.82, 2.24) is 9.97 Å². The lowest BCUT2D eigenvalue weighted by atomic mass is 10.1. The number of nitrogen functional groups attached to an aromatic ring is 1. The Labute approximate surface area is 186 Å². The maximum atomic E-state index is 15.1. The number of pyridine rings is 2. The fourth-order valence-electron chi connectivity index (χ4n) is 4.02. The highest BCUT2D eigenvalue weighted by atomic mass is 19.1. The van der Waals surface area contributed by atoms with Crippen molar-refractivity contribution in [1.29, 1.82) is 0 Å². The van der Waals surface area contributed by atoms with Gasteiger partial charge in [-0.25, -0.2) is 15.2 Å². The second kappa shape index (κ2) is 7.53. The van der Waals surface area contributed by atoms with Crippen LogP contribution in [-0.4, -0.2) is 30.2 Å². The van der Waals surface area contributed by atoms with Gasteiger partial charge in [-0.2, -0.15) is 0 Å². The minimum atomic E-state index is -0.489. The zero-order chi connectivity index (χ0) is 22.5. The molecule has 1 saturated carbocycles. The number of para-hydroxylation sites is 1. The number of fused-ring (bicyclic) bond motifs is 2. The molecular formula is C24H25FN6O. The van der Waals surface area contributed by atoms with Gasteiger partial charge in [-0.1, -0.05) is 17.9 Å². The summed E-state index contributed by atoms with van der Waals surface area (Å²) in [5.41, 5.74) is 8.41. The Balaban J connectivity index is 1.72. The summed E-state index contributed by atoms with van der Waals surface area (Å²) in [6, 6.07) is 5.83. The first-order chi connectivity index (χ1) is 15.4. The van der Waals surface area contributed by atoms with Crippen LogP contribution in [0.25, 0.3) is 10.8 Å². The average Bonchev–Trinajstić information content (AvgIpc) is 3.53. The molecule has 0 spiro atoms. The average molecular weight is 433 g/mol. The summed E-state index contributed by atoms with van der Waals surface area (Å²) in [6.07, 6.45) is 5.70. The molecule has 164 valence electrons. The third-order valence-corrected chi connectivity index (χ3v) is 6.01. The summed E-state index contributed by atoms with van der Waals surface area (Å²) in [6.45, 7) is 3.28. The van der Waals surface area contributed by atoms with Gasteiger partial charge in [0.1, 0.15) is 11.5 Å². The van der Waals surface area contributed by atoms with E-state index < -0.39 is 5.82 Å². The van der Waals surface area contributed by atoms with Crippen LogP contribution < -0.4 is 26.2 Å². The van der Waals surface area contributed by atoms with Crippen LogP contribution in [0.1, 0.15) is 31.7 Å². The summed E-state index contributed by atoms with van der Waals surface area (Å²) < 4.78 is 21.2. The SMILES string of the molecule is CN(N)c1c(N)nc(N2CCCOc3c(C#CC4(C)CC4)cccc32)c2c(F)cncc12. The van der Waals surface area contributed by atoms with E-state index in [0.29, 0.717) is 41.2 Å². The number of benzene rings is 1. The molecule has 0 bridgehead atoms. The van der Waals surface area contributed by atoms with Crippen LogP contribution in [0.15, 0.2) is 30.6 Å². The fraction of sp³-hybridized carbons (Fsp3) is 0.333. The van der Waals surface area contributed by atoms with E-state index in [9.17, 15) is 0 Å². The second-order valence-corrected chi connectivity index (χ2v) is 8.64. The van der Waals surface area contributed by atoms with Crippen molar-refractivity contribution in [2.75, 3.05) is 35.8 Å². The number of anilines is 4. The Morgan fingerprint density at radius 1 is 1.28 bits per heavy atom. The largest absolute Gasteiger partial charge is 0.490 e. The quantitative estimate of drug-likeness (QED) is 0.362. The molecule has 1 fully saturated rings. The molecule has 1 aromatic carbocycles. The Morgan fingerprint density at radius 2 is 2.09 bits per heavy atom. The van der Waals surface area contributed by atoms with Gasteiger partial charge in [-0.15, -0.1) is 0 Å². The second-order valence-electron chi connectivity index (χ2n) is 8.64. The first kappa shape index (κ1) is 20.3. The number of ether oxygens (including phenoxy) is 1. The van der Waals surface area contributed by atoms with Crippen LogP contribution in [0.3, 0.4) is 0 Å². The number of nitrogens with two attached hydrogens (primary N) is 2. The Kier molecular flexibility index (Phi) is 4.79. The molecule has 0 saturated heterocycles. The predicted octanol–water partition coefficient (Wildman–Crippen LogP) is 3.73. The minimum Gasteiger partial charge on any atom is -0.490 e. The van der Waals surface area contributed by atoms with Crippen LogP contribution in [0.4, 0.5) is 27.4 Å². The van der Waals surface area contributed by atoms with Crippen LogP contribution in [0, 0.1) is 23.1 Å². The number of nitrogens with zero attached hydrogens (tertiary/aromatic N) is 4. The highest BCUT2D eigenvalue weighted by Gasteiger charge is 2.35. The first-order valence-corrected chi connectivity index (χ1v) is 10.7. The number of rotatable bonds is 2. The van der Waals surface area contributed by atoms with Gasteiger partial charge in [0.05, 0.1) is 29.4 Å². The van der Waals surface area contributed by atoms with Gasteiger partial charge in [-0.3, -0.25) is 4.98 Å². The van der Waals surface area contributed by atoms with Crippen LogP contribution in [0.2, 0.25) is 0 Å². The van der Waals surface area contributed by atoms with Crippen molar-refractivity contribution < 1.29 is 9.13 Å². The number of halogens is 1. The number of hydrogen-bond acceptors (Lipinski definition) is 7. The maximum absolute atomic E-state index is 15.1. The van der Waals surface area contributed by atoms with Crippen molar-refractivity contribution >= 4 is 33.8 Å². The van der Waals surface area contributed by atoms with E-state index in [0.717, 1.165) is 30.5 Å². The van der Waals surface area contributed by atoms with E-state index in [2.05, 4.69) is 28.7 Å². The summed E-state index contributed by atoms with van der Waals surface area (Å²) >= 11 is 0. The molecule has 0 radical (unpaired) electrons. The van der Waals surface area contributed by atoms with Crippen molar-refractivity contribution in [3.63, 3.8) is 0 Å². The summed E-state index contributed by atoms with van der Waals surface area (Å²) in [7, 11) is 1.64. The van der Waals surface area contributed by atoms with E-state index >= 15 is 4.39 Å². The van der Waals surface area contributed by atoms with Crippen LogP contribution in [0.5, 0.6) is 5.75 Å². The van der Waals surface area contributed by atoms with Gasteiger partial charge < -0.3 is 20.4 Å². The zero-order valence-corrected chi connectivity index (χ0v) is 18.2. The van der Waals surface area contributed by atoms with Crippen molar-refractivity contribution in [3.8, 4) is 17.6 Å². The topological polar surface area (TPSA) is 93.5 Å². The van der Waals surface area contributed by atoms with E-state index in [1.807, 2.05) is 23.1 Å². The Bertz CT molecular complexity index is 1270. The molecule has 2 aliphatic rings. The predicted molar refractivity (Wildman–Crippen MR) is 124 cm³/mol. The third-order valence-electron chi connectivity index (χ3n) is 6.01. The molecule has 32 heavy (non-hydrogen) atoms. The van der Waals surface area contributed by atoms with Crippen molar-refractivity contribution in [2.45, 2.75) is 26.2 Å². The zero-order valence-electron chi connectivity index (χ0n) is 18.2. The number of hydrazine groups is 1. The molecule has 3 heterocycles. The van der Waals surface area contributed by atoms with E-state index in [1.165, 1.54) is 11.2 Å². The third kappa shape index (κ3) is 3.45. The molecule has 2 aromatic heterocycles. The van der Waals surface area contributed by atoms with Crippen molar-refractivity contribution in [2.24, 2.45) is 11.3 Å². The highest BCUT2D eigenvalue weighted by Crippen LogP contribution is 2.45. The highest BCUT2D eigenvalue weighted by molar-refractivity contribution is 6.05. The lowest BCUT2D eigenvalue weighted by Gasteiger charge is -2.27.